The van der Waals surface area contributed by atoms with Crippen LogP contribution in [0.1, 0.15) is 32.5 Å². The summed E-state index contributed by atoms with van der Waals surface area (Å²) in [6.07, 6.45) is 0.990. The molecule has 0 aromatic carbocycles. The third-order valence-corrected chi connectivity index (χ3v) is 7.39. The first kappa shape index (κ1) is 18.7. The topological polar surface area (TPSA) is 49.3 Å². The standard InChI is InChI=1S/C19H22N4OS3/c1-13-17(27-18(20-13)15-4-9-25-11-15)19(24)23-6-3-5-22(7-8-23)10-16-12-26-14(2)21-16/h4,9,11-12H,3,5-8,10H2,1-2H3. The summed E-state index contributed by atoms with van der Waals surface area (Å²) in [6.45, 7) is 8.30. The molecule has 3 aromatic heterocycles. The van der Waals surface area contributed by atoms with Crippen molar-refractivity contribution in [1.82, 2.24) is 19.8 Å². The van der Waals surface area contributed by atoms with Gasteiger partial charge in [0, 0.05) is 49.0 Å². The number of thiazole rings is 2. The number of hydrogen-bond acceptors (Lipinski definition) is 7. The third kappa shape index (κ3) is 4.29. The molecule has 0 aliphatic carbocycles. The van der Waals surface area contributed by atoms with E-state index in [1.165, 1.54) is 11.3 Å². The van der Waals surface area contributed by atoms with Gasteiger partial charge in [0.1, 0.15) is 9.88 Å². The van der Waals surface area contributed by atoms with Crippen LogP contribution < -0.4 is 0 Å². The van der Waals surface area contributed by atoms with Crippen LogP contribution in [0.25, 0.3) is 10.6 Å². The first-order chi connectivity index (χ1) is 13.1. The molecule has 1 fully saturated rings. The minimum atomic E-state index is 0.123. The van der Waals surface area contributed by atoms with Crippen molar-refractivity contribution in [2.75, 3.05) is 26.2 Å². The Kier molecular flexibility index (Phi) is 5.68. The lowest BCUT2D eigenvalue weighted by molar-refractivity contribution is 0.0765. The Labute approximate surface area is 171 Å². The first-order valence-electron chi connectivity index (χ1n) is 9.03. The van der Waals surface area contributed by atoms with Crippen LogP contribution in [0.2, 0.25) is 0 Å². The Morgan fingerprint density at radius 3 is 2.78 bits per heavy atom. The van der Waals surface area contributed by atoms with Crippen molar-refractivity contribution in [3.05, 3.63) is 43.5 Å². The van der Waals surface area contributed by atoms with E-state index >= 15 is 0 Å². The predicted octanol–water partition coefficient (Wildman–Crippen LogP) is 4.29. The number of aryl methyl sites for hydroxylation is 2. The molecule has 0 radical (unpaired) electrons. The Morgan fingerprint density at radius 1 is 1.15 bits per heavy atom. The summed E-state index contributed by atoms with van der Waals surface area (Å²) >= 11 is 4.86. The second-order valence-electron chi connectivity index (χ2n) is 6.73. The summed E-state index contributed by atoms with van der Waals surface area (Å²) < 4.78 is 0. The highest BCUT2D eigenvalue weighted by Crippen LogP contribution is 2.30. The molecular formula is C19H22N4OS3. The lowest BCUT2D eigenvalue weighted by Crippen LogP contribution is -2.35. The second-order valence-corrected chi connectivity index (χ2v) is 9.57. The number of aromatic nitrogens is 2. The van der Waals surface area contributed by atoms with E-state index in [-0.39, 0.29) is 5.91 Å². The van der Waals surface area contributed by atoms with Crippen molar-refractivity contribution in [3.63, 3.8) is 0 Å². The smallest absolute Gasteiger partial charge is 0.265 e. The van der Waals surface area contributed by atoms with Gasteiger partial charge in [-0.3, -0.25) is 9.69 Å². The van der Waals surface area contributed by atoms with Crippen molar-refractivity contribution in [1.29, 1.82) is 0 Å². The van der Waals surface area contributed by atoms with Crippen molar-refractivity contribution < 1.29 is 4.79 Å². The van der Waals surface area contributed by atoms with E-state index in [2.05, 4.69) is 31.7 Å². The molecule has 4 heterocycles. The molecule has 3 aromatic rings. The van der Waals surface area contributed by atoms with Crippen LogP contribution in [0.4, 0.5) is 0 Å². The van der Waals surface area contributed by atoms with E-state index in [0.29, 0.717) is 0 Å². The van der Waals surface area contributed by atoms with Gasteiger partial charge in [-0.15, -0.1) is 22.7 Å². The van der Waals surface area contributed by atoms with Crippen molar-refractivity contribution in [3.8, 4) is 10.6 Å². The largest absolute Gasteiger partial charge is 0.337 e. The molecule has 5 nitrogen and oxygen atoms in total. The highest BCUT2D eigenvalue weighted by Gasteiger charge is 2.24. The van der Waals surface area contributed by atoms with Gasteiger partial charge in [-0.05, 0) is 31.7 Å². The number of nitrogens with zero attached hydrogens (tertiary/aromatic N) is 4. The van der Waals surface area contributed by atoms with Crippen LogP contribution in [0.15, 0.2) is 22.2 Å². The third-order valence-electron chi connectivity index (χ3n) is 4.69. The molecule has 27 heavy (non-hydrogen) atoms. The van der Waals surface area contributed by atoms with Gasteiger partial charge < -0.3 is 4.90 Å². The number of rotatable bonds is 4. The number of amides is 1. The fourth-order valence-corrected chi connectivity index (χ4v) is 5.64. The maximum atomic E-state index is 13.1. The van der Waals surface area contributed by atoms with Crippen LogP contribution in [0.3, 0.4) is 0 Å². The molecule has 0 bridgehead atoms. The summed E-state index contributed by atoms with van der Waals surface area (Å²) in [5.74, 6) is 0.123. The molecule has 1 aliphatic heterocycles. The first-order valence-corrected chi connectivity index (χ1v) is 11.7. The molecule has 0 unspecified atom stereocenters. The van der Waals surface area contributed by atoms with Crippen molar-refractivity contribution >= 4 is 39.9 Å². The fraction of sp³-hybridized carbons (Fsp3) is 0.421. The minimum absolute atomic E-state index is 0.123. The normalized spacial score (nSPS) is 15.9. The van der Waals surface area contributed by atoms with E-state index in [9.17, 15) is 4.79 Å². The molecule has 142 valence electrons. The zero-order valence-electron chi connectivity index (χ0n) is 15.5. The molecule has 1 amide bonds. The average Bonchev–Trinajstić information content (AvgIpc) is 3.35. The molecule has 1 aliphatic rings. The lowest BCUT2D eigenvalue weighted by atomic mass is 10.3. The van der Waals surface area contributed by atoms with Gasteiger partial charge in [-0.1, -0.05) is 0 Å². The number of carbonyl (C=O) groups excluding carboxylic acids is 1. The molecule has 4 rings (SSSR count). The fourth-order valence-electron chi connectivity index (χ4n) is 3.29. The second kappa shape index (κ2) is 8.18. The Morgan fingerprint density at radius 2 is 2.04 bits per heavy atom. The van der Waals surface area contributed by atoms with Crippen LogP contribution in [-0.4, -0.2) is 51.9 Å². The van der Waals surface area contributed by atoms with E-state index in [1.807, 2.05) is 24.1 Å². The van der Waals surface area contributed by atoms with Crippen molar-refractivity contribution in [2.24, 2.45) is 0 Å². The lowest BCUT2D eigenvalue weighted by Gasteiger charge is -2.21. The Balaban J connectivity index is 1.42. The average molecular weight is 419 g/mol. The molecular weight excluding hydrogens is 396 g/mol. The van der Waals surface area contributed by atoms with Crippen LogP contribution in [0.5, 0.6) is 0 Å². The maximum Gasteiger partial charge on any atom is 0.265 e. The quantitative estimate of drug-likeness (QED) is 0.634. The summed E-state index contributed by atoms with van der Waals surface area (Å²) in [5, 5.41) is 8.30. The zero-order valence-corrected chi connectivity index (χ0v) is 17.9. The van der Waals surface area contributed by atoms with Gasteiger partial charge in [0.05, 0.1) is 16.4 Å². The van der Waals surface area contributed by atoms with E-state index in [4.69, 9.17) is 0 Å². The summed E-state index contributed by atoms with van der Waals surface area (Å²) in [4.78, 5) is 27.5. The van der Waals surface area contributed by atoms with Gasteiger partial charge >= 0.3 is 0 Å². The molecule has 0 N–H and O–H groups in total. The van der Waals surface area contributed by atoms with Crippen molar-refractivity contribution in [2.45, 2.75) is 26.8 Å². The highest BCUT2D eigenvalue weighted by atomic mass is 32.1. The van der Waals surface area contributed by atoms with E-state index in [0.717, 1.165) is 71.0 Å². The van der Waals surface area contributed by atoms with Crippen LogP contribution in [0, 0.1) is 13.8 Å². The predicted molar refractivity (Wildman–Crippen MR) is 113 cm³/mol. The SMILES string of the molecule is Cc1nc(CN2CCCN(C(=O)c3sc(-c4ccsc4)nc3C)CC2)cs1. The molecule has 1 saturated heterocycles. The van der Waals surface area contributed by atoms with Gasteiger partial charge in [-0.2, -0.15) is 11.3 Å². The highest BCUT2D eigenvalue weighted by molar-refractivity contribution is 7.17. The van der Waals surface area contributed by atoms with Gasteiger partial charge in [-0.25, -0.2) is 9.97 Å². The number of hydrogen-bond donors (Lipinski definition) is 0. The molecule has 8 heteroatoms. The monoisotopic (exact) mass is 418 g/mol. The summed E-state index contributed by atoms with van der Waals surface area (Å²) in [5.41, 5.74) is 3.08. The number of carbonyl (C=O) groups is 1. The van der Waals surface area contributed by atoms with Gasteiger partial charge in [0.25, 0.3) is 5.91 Å². The zero-order chi connectivity index (χ0) is 18.8. The Hall–Kier alpha value is -1.61. The van der Waals surface area contributed by atoms with E-state index in [1.54, 1.807) is 22.7 Å². The molecule has 0 spiro atoms. The number of thiophene rings is 1. The van der Waals surface area contributed by atoms with Crippen LogP contribution >= 0.6 is 34.0 Å². The Bertz CT molecular complexity index is 915. The summed E-state index contributed by atoms with van der Waals surface area (Å²) in [7, 11) is 0. The van der Waals surface area contributed by atoms with E-state index < -0.39 is 0 Å². The molecule has 0 saturated carbocycles. The minimum Gasteiger partial charge on any atom is -0.337 e. The van der Waals surface area contributed by atoms with Gasteiger partial charge in [0.2, 0.25) is 0 Å². The molecule has 0 atom stereocenters. The summed E-state index contributed by atoms with van der Waals surface area (Å²) in [6, 6.07) is 2.06. The van der Waals surface area contributed by atoms with Crippen LogP contribution in [-0.2, 0) is 6.54 Å². The van der Waals surface area contributed by atoms with Gasteiger partial charge in [0.15, 0.2) is 0 Å². The maximum absolute atomic E-state index is 13.1.